The molecule has 1 atom stereocenters. The van der Waals surface area contributed by atoms with Crippen molar-refractivity contribution in [1.82, 2.24) is 10.2 Å². The highest BCUT2D eigenvalue weighted by atomic mass is 32.2. The molecule has 2 aromatic carbocycles. The fourth-order valence-corrected chi connectivity index (χ4v) is 5.75. The SMILES string of the molecule is CN1C=CC(=O)NC1(C1CCCCC1)S(=O)(=O)O.Nc1cccc(C=Cc2ccccc2)c1N. The van der Waals surface area contributed by atoms with Crippen molar-refractivity contribution < 1.29 is 17.8 Å². The molecule has 1 saturated carbocycles. The van der Waals surface area contributed by atoms with E-state index in [-0.39, 0.29) is 5.92 Å². The van der Waals surface area contributed by atoms with Crippen LogP contribution in [0.15, 0.2) is 60.8 Å². The minimum atomic E-state index is -4.43. The fourth-order valence-electron chi connectivity index (χ4n) is 4.43. The number of nitrogens with two attached hydrogens (primary N) is 2. The molecule has 4 rings (SSSR count). The van der Waals surface area contributed by atoms with Crippen LogP contribution in [0, 0.1) is 5.92 Å². The van der Waals surface area contributed by atoms with Crippen LogP contribution in [0.4, 0.5) is 11.4 Å². The molecule has 6 N–H and O–H groups in total. The van der Waals surface area contributed by atoms with Gasteiger partial charge in [-0.1, -0.05) is 73.9 Å². The van der Waals surface area contributed by atoms with Crippen LogP contribution < -0.4 is 16.8 Å². The third-order valence-electron chi connectivity index (χ3n) is 6.26. The Morgan fingerprint density at radius 3 is 2.35 bits per heavy atom. The van der Waals surface area contributed by atoms with Crippen LogP contribution in [0.1, 0.15) is 43.2 Å². The van der Waals surface area contributed by atoms with Crippen molar-refractivity contribution in [3.63, 3.8) is 0 Å². The molecular weight excluding hydrogens is 452 g/mol. The molecule has 8 nitrogen and oxygen atoms in total. The molecule has 1 heterocycles. The molecule has 0 saturated heterocycles. The molecule has 1 aliphatic heterocycles. The van der Waals surface area contributed by atoms with E-state index in [2.05, 4.69) is 5.32 Å². The Morgan fingerprint density at radius 1 is 1.03 bits per heavy atom. The van der Waals surface area contributed by atoms with Gasteiger partial charge in [0, 0.05) is 25.2 Å². The van der Waals surface area contributed by atoms with Crippen molar-refractivity contribution in [2.45, 2.75) is 37.1 Å². The summed E-state index contributed by atoms with van der Waals surface area (Å²) in [4.78, 5) is 11.2. The zero-order valence-corrected chi connectivity index (χ0v) is 20.0. The number of rotatable bonds is 4. The lowest BCUT2D eigenvalue weighted by Crippen LogP contribution is -2.68. The van der Waals surface area contributed by atoms with Gasteiger partial charge < -0.3 is 21.7 Å². The molecule has 1 aliphatic carbocycles. The number of hydrogen-bond donors (Lipinski definition) is 4. The van der Waals surface area contributed by atoms with Gasteiger partial charge in [-0.3, -0.25) is 9.35 Å². The zero-order valence-electron chi connectivity index (χ0n) is 19.2. The summed E-state index contributed by atoms with van der Waals surface area (Å²) < 4.78 is 33.3. The summed E-state index contributed by atoms with van der Waals surface area (Å²) in [5.41, 5.74) is 14.9. The number of amides is 1. The van der Waals surface area contributed by atoms with Crippen LogP contribution in [-0.2, 0) is 14.9 Å². The van der Waals surface area contributed by atoms with Gasteiger partial charge >= 0.3 is 10.1 Å². The Balaban J connectivity index is 0.000000192. The Labute approximate surface area is 201 Å². The van der Waals surface area contributed by atoms with Crippen molar-refractivity contribution in [2.24, 2.45) is 5.92 Å². The summed E-state index contributed by atoms with van der Waals surface area (Å²) in [6.07, 6.45) is 10.9. The smallest absolute Gasteiger partial charge is 0.309 e. The van der Waals surface area contributed by atoms with Gasteiger partial charge in [-0.25, -0.2) is 0 Å². The van der Waals surface area contributed by atoms with Gasteiger partial charge in [0.15, 0.2) is 0 Å². The Morgan fingerprint density at radius 2 is 1.71 bits per heavy atom. The Kier molecular flexibility index (Phi) is 8.01. The van der Waals surface area contributed by atoms with Crippen LogP contribution in [0.25, 0.3) is 12.2 Å². The lowest BCUT2D eigenvalue weighted by molar-refractivity contribution is -0.121. The highest BCUT2D eigenvalue weighted by Crippen LogP contribution is 2.38. The molecule has 1 unspecified atom stereocenters. The first-order valence-corrected chi connectivity index (χ1v) is 12.7. The van der Waals surface area contributed by atoms with E-state index in [4.69, 9.17) is 11.5 Å². The predicted molar refractivity (Wildman–Crippen MR) is 137 cm³/mol. The Bertz CT molecular complexity index is 1160. The average molecular weight is 485 g/mol. The molecule has 2 aliphatic rings. The number of carbonyl (C=O) groups is 1. The molecule has 0 aromatic heterocycles. The van der Waals surface area contributed by atoms with E-state index in [0.717, 1.165) is 30.4 Å². The molecule has 0 radical (unpaired) electrons. The molecule has 0 bridgehead atoms. The highest BCUT2D eigenvalue weighted by Gasteiger charge is 2.54. The van der Waals surface area contributed by atoms with Gasteiger partial charge in [-0.05, 0) is 30.0 Å². The molecule has 34 heavy (non-hydrogen) atoms. The van der Waals surface area contributed by atoms with Crippen molar-refractivity contribution in [3.8, 4) is 0 Å². The van der Waals surface area contributed by atoms with E-state index in [1.807, 2.05) is 54.6 Å². The van der Waals surface area contributed by atoms with Crippen molar-refractivity contribution >= 4 is 39.6 Å². The maximum absolute atomic E-state index is 11.8. The molecule has 182 valence electrons. The first-order chi connectivity index (χ1) is 16.1. The van der Waals surface area contributed by atoms with Crippen molar-refractivity contribution in [1.29, 1.82) is 0 Å². The van der Waals surface area contributed by atoms with Crippen LogP contribution >= 0.6 is 0 Å². The molecule has 1 fully saturated rings. The van der Waals surface area contributed by atoms with Crippen molar-refractivity contribution in [3.05, 3.63) is 71.9 Å². The minimum Gasteiger partial charge on any atom is -0.397 e. The third kappa shape index (κ3) is 5.60. The second-order valence-electron chi connectivity index (χ2n) is 8.52. The number of benzene rings is 2. The summed E-state index contributed by atoms with van der Waals surface area (Å²) in [6, 6.07) is 15.7. The molecule has 1 amide bonds. The fraction of sp³-hybridized carbons (Fsp3) is 0.320. The Hall–Kier alpha value is -3.30. The largest absolute Gasteiger partial charge is 0.397 e. The van der Waals surface area contributed by atoms with Crippen LogP contribution in [0.5, 0.6) is 0 Å². The highest BCUT2D eigenvalue weighted by molar-refractivity contribution is 7.87. The quantitative estimate of drug-likeness (QED) is 0.295. The summed E-state index contributed by atoms with van der Waals surface area (Å²) in [7, 11) is -2.87. The summed E-state index contributed by atoms with van der Waals surface area (Å²) in [6.45, 7) is 0. The number of anilines is 2. The predicted octanol–water partition coefficient (Wildman–Crippen LogP) is 3.71. The van der Waals surface area contributed by atoms with Crippen LogP contribution in [-0.4, -0.2) is 35.8 Å². The summed E-state index contributed by atoms with van der Waals surface area (Å²) in [5, 5.41) is 2.45. The average Bonchev–Trinajstić information content (AvgIpc) is 2.82. The third-order valence-corrected chi connectivity index (χ3v) is 7.77. The van der Waals surface area contributed by atoms with E-state index in [0.29, 0.717) is 24.2 Å². The molecular formula is C25H32N4O4S. The minimum absolute atomic E-state index is 0.292. The van der Waals surface area contributed by atoms with Gasteiger partial charge in [-0.15, -0.1) is 0 Å². The maximum Gasteiger partial charge on any atom is 0.309 e. The number of hydrogen-bond acceptors (Lipinski definition) is 6. The topological polar surface area (TPSA) is 139 Å². The van der Waals surface area contributed by atoms with Gasteiger partial charge in [0.2, 0.25) is 10.9 Å². The zero-order chi connectivity index (χ0) is 24.8. The number of carbonyl (C=O) groups excluding carboxylic acids is 1. The molecule has 0 spiro atoms. The number of nitrogens with zero attached hydrogens (tertiary/aromatic N) is 1. The normalized spacial score (nSPS) is 21.1. The van der Waals surface area contributed by atoms with Crippen molar-refractivity contribution in [2.75, 3.05) is 18.5 Å². The van der Waals surface area contributed by atoms with E-state index in [9.17, 15) is 17.8 Å². The first-order valence-electron chi connectivity index (χ1n) is 11.2. The number of para-hydroxylation sites is 1. The second kappa shape index (κ2) is 10.8. The number of nitrogen functional groups attached to an aromatic ring is 2. The summed E-state index contributed by atoms with van der Waals surface area (Å²) in [5.74, 6) is -0.781. The summed E-state index contributed by atoms with van der Waals surface area (Å²) >= 11 is 0. The first kappa shape index (κ1) is 25.3. The van der Waals surface area contributed by atoms with Crippen LogP contribution in [0.3, 0.4) is 0 Å². The molecule has 9 heteroatoms. The lowest BCUT2D eigenvalue weighted by Gasteiger charge is -2.46. The van der Waals surface area contributed by atoms with Gasteiger partial charge in [0.1, 0.15) is 0 Å². The van der Waals surface area contributed by atoms with Gasteiger partial charge in [0.25, 0.3) is 0 Å². The maximum atomic E-state index is 11.8. The second-order valence-corrected chi connectivity index (χ2v) is 10.1. The van der Waals surface area contributed by atoms with E-state index < -0.39 is 21.0 Å². The van der Waals surface area contributed by atoms with Gasteiger partial charge in [0.05, 0.1) is 11.4 Å². The lowest BCUT2D eigenvalue weighted by atomic mass is 9.85. The van der Waals surface area contributed by atoms with Gasteiger partial charge in [-0.2, -0.15) is 8.42 Å². The van der Waals surface area contributed by atoms with E-state index >= 15 is 0 Å². The molecule has 2 aromatic rings. The number of nitrogens with one attached hydrogen (secondary N) is 1. The standard InChI is InChI=1S/C14H14N2.C11H18N2O4S/c15-13-8-4-7-12(14(13)16)10-9-11-5-2-1-3-6-11;1-13-8-7-10(14)12-11(13,18(15,16)17)9-5-3-2-4-6-9/h1-10H,15-16H2;7-9H,2-6H2,1H3,(H,12,14)(H,15,16,17). The van der Waals surface area contributed by atoms with Crippen LogP contribution in [0.2, 0.25) is 0 Å². The van der Waals surface area contributed by atoms with E-state index in [1.54, 1.807) is 13.1 Å². The van der Waals surface area contributed by atoms with E-state index in [1.165, 1.54) is 17.2 Å². The monoisotopic (exact) mass is 484 g/mol.